The van der Waals surface area contributed by atoms with Crippen LogP contribution in [0.2, 0.25) is 0 Å². The van der Waals surface area contributed by atoms with Crippen molar-refractivity contribution in [1.82, 2.24) is 14.9 Å². The van der Waals surface area contributed by atoms with Crippen molar-refractivity contribution >= 4 is 21.7 Å². The molecular formula is C22H30N4O4S. The van der Waals surface area contributed by atoms with E-state index in [1.54, 1.807) is 11.4 Å². The average molecular weight is 447 g/mol. The van der Waals surface area contributed by atoms with Gasteiger partial charge in [-0.2, -0.15) is 4.31 Å². The molecule has 0 spiro atoms. The quantitative estimate of drug-likeness (QED) is 0.575. The van der Waals surface area contributed by atoms with E-state index in [9.17, 15) is 13.2 Å². The molecular weight excluding hydrogens is 416 g/mol. The number of piperazine rings is 1. The van der Waals surface area contributed by atoms with Gasteiger partial charge in [0.1, 0.15) is 5.75 Å². The highest BCUT2D eigenvalue weighted by Crippen LogP contribution is 2.17. The number of rotatable bonds is 9. The molecule has 0 aromatic heterocycles. The van der Waals surface area contributed by atoms with Gasteiger partial charge in [0.15, 0.2) is 0 Å². The van der Waals surface area contributed by atoms with Gasteiger partial charge >= 0.3 is 6.03 Å². The molecule has 168 valence electrons. The first-order valence-corrected chi connectivity index (χ1v) is 12.0. The lowest BCUT2D eigenvalue weighted by Crippen LogP contribution is -2.49. The molecule has 8 nitrogen and oxygen atoms in total. The zero-order valence-corrected chi connectivity index (χ0v) is 18.6. The SMILES string of the molecule is COc1ccc(CNC(=O)NCCCS(=O)(=O)N2CCN(c3ccccc3)CC2)cc1. The molecule has 1 saturated heterocycles. The first-order valence-electron chi connectivity index (χ1n) is 10.4. The summed E-state index contributed by atoms with van der Waals surface area (Å²) < 4.78 is 31.9. The maximum absolute atomic E-state index is 12.6. The first kappa shape index (κ1) is 22.9. The van der Waals surface area contributed by atoms with Gasteiger partial charge in [-0.1, -0.05) is 30.3 Å². The Morgan fingerprint density at radius 1 is 0.968 bits per heavy atom. The summed E-state index contributed by atoms with van der Waals surface area (Å²) in [6.45, 7) is 3.00. The number of para-hydroxylation sites is 1. The Hall–Kier alpha value is -2.78. The number of sulfonamides is 1. The number of nitrogens with zero attached hydrogens (tertiary/aromatic N) is 2. The van der Waals surface area contributed by atoms with Gasteiger partial charge in [-0.15, -0.1) is 0 Å². The molecule has 9 heteroatoms. The van der Waals surface area contributed by atoms with Gasteiger partial charge in [-0.05, 0) is 36.2 Å². The van der Waals surface area contributed by atoms with Crippen molar-refractivity contribution in [2.75, 3.05) is 50.5 Å². The maximum Gasteiger partial charge on any atom is 0.315 e. The van der Waals surface area contributed by atoms with Crippen LogP contribution in [0.5, 0.6) is 5.75 Å². The van der Waals surface area contributed by atoms with Gasteiger partial charge in [0, 0.05) is 45.0 Å². The number of amides is 2. The van der Waals surface area contributed by atoms with Crippen molar-refractivity contribution in [2.45, 2.75) is 13.0 Å². The average Bonchev–Trinajstić information content (AvgIpc) is 2.81. The van der Waals surface area contributed by atoms with Crippen LogP contribution in [0.4, 0.5) is 10.5 Å². The molecule has 1 aliphatic heterocycles. The van der Waals surface area contributed by atoms with Gasteiger partial charge in [-0.3, -0.25) is 0 Å². The second-order valence-corrected chi connectivity index (χ2v) is 9.44. The van der Waals surface area contributed by atoms with Gasteiger partial charge in [0.25, 0.3) is 0 Å². The Kier molecular flexibility index (Phi) is 8.13. The van der Waals surface area contributed by atoms with E-state index in [-0.39, 0.29) is 11.8 Å². The second kappa shape index (κ2) is 11.0. The molecule has 0 aliphatic carbocycles. The molecule has 2 amide bonds. The van der Waals surface area contributed by atoms with E-state index in [1.165, 1.54) is 0 Å². The molecule has 1 fully saturated rings. The number of methoxy groups -OCH3 is 1. The highest BCUT2D eigenvalue weighted by atomic mass is 32.2. The minimum absolute atomic E-state index is 0.0249. The molecule has 0 saturated carbocycles. The van der Waals surface area contributed by atoms with Crippen LogP contribution < -0.4 is 20.3 Å². The molecule has 0 atom stereocenters. The van der Waals surface area contributed by atoms with Crippen molar-refractivity contribution in [1.29, 1.82) is 0 Å². The Morgan fingerprint density at radius 3 is 2.29 bits per heavy atom. The van der Waals surface area contributed by atoms with E-state index in [0.717, 1.165) is 17.0 Å². The van der Waals surface area contributed by atoms with Gasteiger partial charge < -0.3 is 20.3 Å². The largest absolute Gasteiger partial charge is 0.497 e. The fourth-order valence-electron chi connectivity index (χ4n) is 3.44. The Balaban J connectivity index is 1.33. The minimum atomic E-state index is -3.33. The Morgan fingerprint density at radius 2 is 1.65 bits per heavy atom. The summed E-state index contributed by atoms with van der Waals surface area (Å²) in [6, 6.07) is 17.1. The third-order valence-corrected chi connectivity index (χ3v) is 7.19. The summed E-state index contributed by atoms with van der Waals surface area (Å²) in [5, 5.41) is 5.48. The summed E-state index contributed by atoms with van der Waals surface area (Å²) in [5.41, 5.74) is 2.07. The number of anilines is 1. The third-order valence-electron chi connectivity index (χ3n) is 5.23. The summed E-state index contributed by atoms with van der Waals surface area (Å²) in [6.07, 6.45) is 0.372. The number of carbonyl (C=O) groups excluding carboxylic acids is 1. The van der Waals surface area contributed by atoms with Crippen molar-refractivity contribution in [2.24, 2.45) is 0 Å². The lowest BCUT2D eigenvalue weighted by atomic mass is 10.2. The van der Waals surface area contributed by atoms with E-state index in [2.05, 4.69) is 15.5 Å². The van der Waals surface area contributed by atoms with Crippen LogP contribution in [0.15, 0.2) is 54.6 Å². The lowest BCUT2D eigenvalue weighted by Gasteiger charge is -2.35. The number of ether oxygens (including phenoxy) is 1. The number of hydrogen-bond donors (Lipinski definition) is 2. The van der Waals surface area contributed by atoms with Crippen molar-refractivity contribution in [3.8, 4) is 5.75 Å². The van der Waals surface area contributed by atoms with Crippen LogP contribution in [0, 0.1) is 0 Å². The predicted octanol–water partition coefficient (Wildman–Crippen LogP) is 2.04. The van der Waals surface area contributed by atoms with Gasteiger partial charge in [0.05, 0.1) is 12.9 Å². The highest BCUT2D eigenvalue weighted by molar-refractivity contribution is 7.89. The van der Waals surface area contributed by atoms with Crippen LogP contribution in [0.1, 0.15) is 12.0 Å². The number of carbonyl (C=O) groups is 1. The lowest BCUT2D eigenvalue weighted by molar-refractivity contribution is 0.240. The van der Waals surface area contributed by atoms with E-state index < -0.39 is 10.0 Å². The first-order chi connectivity index (χ1) is 15.0. The molecule has 0 unspecified atom stereocenters. The molecule has 1 aliphatic rings. The smallest absolute Gasteiger partial charge is 0.315 e. The van der Waals surface area contributed by atoms with Gasteiger partial charge in [0.2, 0.25) is 10.0 Å². The molecule has 31 heavy (non-hydrogen) atoms. The highest BCUT2D eigenvalue weighted by Gasteiger charge is 2.26. The van der Waals surface area contributed by atoms with Crippen LogP contribution >= 0.6 is 0 Å². The molecule has 2 aromatic rings. The van der Waals surface area contributed by atoms with Crippen LogP contribution in [-0.2, 0) is 16.6 Å². The van der Waals surface area contributed by atoms with E-state index in [4.69, 9.17) is 4.74 Å². The number of urea groups is 1. The third kappa shape index (κ3) is 6.86. The van der Waals surface area contributed by atoms with Crippen LogP contribution in [-0.4, -0.2) is 64.3 Å². The molecule has 3 rings (SSSR count). The predicted molar refractivity (Wildman–Crippen MR) is 122 cm³/mol. The van der Waals surface area contributed by atoms with Crippen molar-refractivity contribution in [3.05, 3.63) is 60.2 Å². The normalized spacial score (nSPS) is 14.8. The van der Waals surface area contributed by atoms with Gasteiger partial charge in [-0.25, -0.2) is 13.2 Å². The van der Waals surface area contributed by atoms with E-state index >= 15 is 0 Å². The number of hydrogen-bond acceptors (Lipinski definition) is 5. The summed E-state index contributed by atoms with van der Waals surface area (Å²) >= 11 is 0. The fraction of sp³-hybridized carbons (Fsp3) is 0.409. The maximum atomic E-state index is 12.6. The number of nitrogens with one attached hydrogen (secondary N) is 2. The fourth-order valence-corrected chi connectivity index (χ4v) is 4.92. The summed E-state index contributed by atoms with van der Waals surface area (Å²) in [7, 11) is -1.72. The Bertz CT molecular complexity index is 928. The molecule has 0 radical (unpaired) electrons. The van der Waals surface area contributed by atoms with Crippen molar-refractivity contribution < 1.29 is 17.9 Å². The molecule has 0 bridgehead atoms. The number of benzene rings is 2. The van der Waals surface area contributed by atoms with Crippen molar-refractivity contribution in [3.63, 3.8) is 0 Å². The van der Waals surface area contributed by atoms with Crippen LogP contribution in [0.25, 0.3) is 0 Å². The zero-order chi connectivity index (χ0) is 22.1. The van der Waals surface area contributed by atoms with E-state index in [0.29, 0.717) is 45.7 Å². The topological polar surface area (TPSA) is 91.0 Å². The van der Waals surface area contributed by atoms with E-state index in [1.807, 2.05) is 54.6 Å². The molecule has 2 N–H and O–H groups in total. The zero-order valence-electron chi connectivity index (χ0n) is 17.8. The summed E-state index contributed by atoms with van der Waals surface area (Å²) in [4.78, 5) is 14.1. The Labute approximate surface area is 184 Å². The summed E-state index contributed by atoms with van der Waals surface area (Å²) in [5.74, 6) is 0.785. The minimum Gasteiger partial charge on any atom is -0.497 e. The standard InChI is InChI=1S/C22H30N4O4S/c1-30-21-10-8-19(9-11-21)18-24-22(27)23-12-5-17-31(28,29)26-15-13-25(14-16-26)20-6-3-2-4-7-20/h2-4,6-11H,5,12-18H2,1H3,(H2,23,24,27). The van der Waals surface area contributed by atoms with Crippen LogP contribution in [0.3, 0.4) is 0 Å². The monoisotopic (exact) mass is 446 g/mol. The molecule has 2 aromatic carbocycles. The molecule has 1 heterocycles. The second-order valence-electron chi connectivity index (χ2n) is 7.35.